The van der Waals surface area contributed by atoms with Crippen LogP contribution in [0, 0.1) is 24.1 Å². The zero-order chi connectivity index (χ0) is 9.84. The Labute approximate surface area is 76.1 Å². The van der Waals surface area contributed by atoms with E-state index in [1.807, 2.05) is 0 Å². The van der Waals surface area contributed by atoms with Crippen LogP contribution in [0.2, 0.25) is 0 Å². The molecular formula is C10H9FN2. The standard InChI is InChI=1S/C10H9FN2/c1-7-9(13)5-4-8(10(7)11)3-2-6-12/h2-5H,13H2,1H3. The Kier molecular flexibility index (Phi) is 2.65. The van der Waals surface area contributed by atoms with Gasteiger partial charge < -0.3 is 5.73 Å². The lowest BCUT2D eigenvalue weighted by molar-refractivity contribution is 0.616. The summed E-state index contributed by atoms with van der Waals surface area (Å²) in [5.74, 6) is -0.369. The third kappa shape index (κ3) is 1.85. The summed E-state index contributed by atoms with van der Waals surface area (Å²) in [4.78, 5) is 0. The first-order chi connectivity index (χ1) is 6.16. The highest BCUT2D eigenvalue weighted by Gasteiger charge is 2.04. The van der Waals surface area contributed by atoms with E-state index >= 15 is 0 Å². The van der Waals surface area contributed by atoms with Crippen LogP contribution < -0.4 is 5.73 Å². The van der Waals surface area contributed by atoms with E-state index in [2.05, 4.69) is 0 Å². The second-order valence-corrected chi connectivity index (χ2v) is 2.65. The van der Waals surface area contributed by atoms with E-state index in [1.165, 1.54) is 12.2 Å². The van der Waals surface area contributed by atoms with Gasteiger partial charge in [-0.1, -0.05) is 0 Å². The van der Waals surface area contributed by atoms with Crippen LogP contribution in [0.25, 0.3) is 6.08 Å². The first-order valence-corrected chi connectivity index (χ1v) is 3.77. The lowest BCUT2D eigenvalue weighted by atomic mass is 10.1. The minimum Gasteiger partial charge on any atom is -0.398 e. The Balaban J connectivity index is 3.20. The highest BCUT2D eigenvalue weighted by atomic mass is 19.1. The number of nitriles is 1. The summed E-state index contributed by atoms with van der Waals surface area (Å²) in [6.07, 6.45) is 2.65. The molecule has 1 rings (SSSR count). The van der Waals surface area contributed by atoms with E-state index in [9.17, 15) is 4.39 Å². The molecule has 0 aliphatic carbocycles. The number of halogens is 1. The highest BCUT2D eigenvalue weighted by Crippen LogP contribution is 2.19. The number of nitrogens with zero attached hydrogens (tertiary/aromatic N) is 1. The fourth-order valence-electron chi connectivity index (χ4n) is 0.977. The van der Waals surface area contributed by atoms with Gasteiger partial charge in [-0.25, -0.2) is 4.39 Å². The molecule has 1 aromatic carbocycles. The van der Waals surface area contributed by atoms with E-state index in [0.717, 1.165) is 0 Å². The molecule has 0 amide bonds. The van der Waals surface area contributed by atoms with Gasteiger partial charge in [0.1, 0.15) is 5.82 Å². The van der Waals surface area contributed by atoms with Crippen LogP contribution in [-0.4, -0.2) is 0 Å². The lowest BCUT2D eigenvalue weighted by Crippen LogP contribution is -1.94. The van der Waals surface area contributed by atoms with Gasteiger partial charge >= 0.3 is 0 Å². The molecule has 0 unspecified atom stereocenters. The predicted octanol–water partition coefficient (Wildman–Crippen LogP) is 2.25. The van der Waals surface area contributed by atoms with Gasteiger partial charge in [-0.15, -0.1) is 0 Å². The van der Waals surface area contributed by atoms with Crippen molar-refractivity contribution in [2.75, 3.05) is 5.73 Å². The molecule has 0 fully saturated rings. The predicted molar refractivity (Wildman–Crippen MR) is 50.2 cm³/mol. The normalized spacial score (nSPS) is 10.2. The van der Waals surface area contributed by atoms with E-state index in [0.29, 0.717) is 16.8 Å². The Bertz CT molecular complexity index is 389. The number of allylic oxidation sites excluding steroid dienone is 1. The molecule has 0 aliphatic rings. The molecule has 0 atom stereocenters. The Morgan fingerprint density at radius 2 is 2.23 bits per heavy atom. The maximum atomic E-state index is 13.3. The molecule has 0 saturated heterocycles. The third-order valence-electron chi connectivity index (χ3n) is 1.80. The van der Waals surface area contributed by atoms with Crippen LogP contribution in [0.1, 0.15) is 11.1 Å². The average molecular weight is 176 g/mol. The van der Waals surface area contributed by atoms with Crippen LogP contribution in [0.15, 0.2) is 18.2 Å². The maximum Gasteiger partial charge on any atom is 0.135 e. The Morgan fingerprint density at radius 1 is 1.54 bits per heavy atom. The molecule has 0 saturated carbocycles. The van der Waals surface area contributed by atoms with Crippen molar-refractivity contribution in [3.63, 3.8) is 0 Å². The molecule has 1 aromatic rings. The van der Waals surface area contributed by atoms with Crippen molar-refractivity contribution in [1.82, 2.24) is 0 Å². The van der Waals surface area contributed by atoms with Crippen LogP contribution in [0.4, 0.5) is 10.1 Å². The Hall–Kier alpha value is -1.82. The highest BCUT2D eigenvalue weighted by molar-refractivity contribution is 5.59. The van der Waals surface area contributed by atoms with E-state index in [-0.39, 0.29) is 5.82 Å². The minimum absolute atomic E-state index is 0.369. The summed E-state index contributed by atoms with van der Waals surface area (Å²) in [6, 6.07) is 4.97. The smallest absolute Gasteiger partial charge is 0.135 e. The number of benzene rings is 1. The largest absolute Gasteiger partial charge is 0.398 e. The number of nitrogen functional groups attached to an aromatic ring is 1. The molecule has 3 heteroatoms. The van der Waals surface area contributed by atoms with Crippen molar-refractivity contribution < 1.29 is 4.39 Å². The summed E-state index contributed by atoms with van der Waals surface area (Å²) < 4.78 is 13.3. The first kappa shape index (κ1) is 9.27. The number of rotatable bonds is 1. The molecule has 0 spiro atoms. The number of hydrogen-bond acceptors (Lipinski definition) is 2. The van der Waals surface area contributed by atoms with Crippen molar-refractivity contribution in [3.05, 3.63) is 35.2 Å². The summed E-state index contributed by atoms with van der Waals surface area (Å²) in [5.41, 5.74) is 6.71. The van der Waals surface area contributed by atoms with Gasteiger partial charge in [0.15, 0.2) is 0 Å². The molecule has 0 aliphatic heterocycles. The van der Waals surface area contributed by atoms with Crippen molar-refractivity contribution in [2.45, 2.75) is 6.92 Å². The van der Waals surface area contributed by atoms with Crippen molar-refractivity contribution in [2.24, 2.45) is 0 Å². The van der Waals surface area contributed by atoms with Crippen LogP contribution in [-0.2, 0) is 0 Å². The molecular weight excluding hydrogens is 167 g/mol. The molecule has 66 valence electrons. The van der Waals surface area contributed by atoms with Gasteiger partial charge in [0.25, 0.3) is 0 Å². The number of nitrogens with two attached hydrogens (primary N) is 1. The summed E-state index contributed by atoms with van der Waals surface area (Å²) in [7, 11) is 0. The van der Waals surface area contributed by atoms with Crippen LogP contribution >= 0.6 is 0 Å². The van der Waals surface area contributed by atoms with E-state index < -0.39 is 0 Å². The lowest BCUT2D eigenvalue weighted by Gasteiger charge is -2.03. The van der Waals surface area contributed by atoms with Crippen LogP contribution in [0.5, 0.6) is 0 Å². The number of hydrogen-bond donors (Lipinski definition) is 1. The van der Waals surface area contributed by atoms with Crippen molar-refractivity contribution in [1.29, 1.82) is 5.26 Å². The molecule has 2 N–H and O–H groups in total. The average Bonchev–Trinajstić information content (AvgIpc) is 2.13. The molecule has 2 nitrogen and oxygen atoms in total. The summed E-state index contributed by atoms with van der Waals surface area (Å²) >= 11 is 0. The maximum absolute atomic E-state index is 13.3. The van der Waals surface area contributed by atoms with Gasteiger partial charge in [-0.05, 0) is 25.1 Å². The Morgan fingerprint density at radius 3 is 2.85 bits per heavy atom. The van der Waals surface area contributed by atoms with Gasteiger partial charge in [0, 0.05) is 22.9 Å². The van der Waals surface area contributed by atoms with Gasteiger partial charge in [0.05, 0.1) is 6.07 Å². The van der Waals surface area contributed by atoms with Crippen molar-refractivity contribution >= 4 is 11.8 Å². The van der Waals surface area contributed by atoms with Gasteiger partial charge in [-0.2, -0.15) is 5.26 Å². The topological polar surface area (TPSA) is 49.8 Å². The second kappa shape index (κ2) is 3.72. The molecule has 0 heterocycles. The first-order valence-electron chi connectivity index (χ1n) is 3.77. The molecule has 13 heavy (non-hydrogen) atoms. The van der Waals surface area contributed by atoms with E-state index in [1.54, 1.807) is 25.1 Å². The zero-order valence-electron chi connectivity index (χ0n) is 7.21. The van der Waals surface area contributed by atoms with Crippen LogP contribution in [0.3, 0.4) is 0 Å². The molecule has 0 aromatic heterocycles. The van der Waals surface area contributed by atoms with Gasteiger partial charge in [-0.3, -0.25) is 0 Å². The monoisotopic (exact) mass is 176 g/mol. The van der Waals surface area contributed by atoms with E-state index in [4.69, 9.17) is 11.0 Å². The number of anilines is 1. The molecule has 0 radical (unpaired) electrons. The second-order valence-electron chi connectivity index (χ2n) is 2.65. The zero-order valence-corrected chi connectivity index (χ0v) is 7.21. The summed E-state index contributed by atoms with van der Waals surface area (Å²) in [5, 5.41) is 8.26. The quantitative estimate of drug-likeness (QED) is 0.527. The summed E-state index contributed by atoms with van der Waals surface area (Å²) in [6.45, 7) is 1.61. The van der Waals surface area contributed by atoms with Crippen molar-refractivity contribution in [3.8, 4) is 6.07 Å². The SMILES string of the molecule is Cc1c(N)ccc(C=CC#N)c1F. The third-order valence-corrected chi connectivity index (χ3v) is 1.80. The fraction of sp³-hybridized carbons (Fsp3) is 0.100. The molecule has 0 bridgehead atoms. The van der Waals surface area contributed by atoms with Gasteiger partial charge in [0.2, 0.25) is 0 Å². The minimum atomic E-state index is -0.369. The fourth-order valence-corrected chi connectivity index (χ4v) is 0.977.